The molecule has 0 spiro atoms. The zero-order valence-corrected chi connectivity index (χ0v) is 19.9. The first kappa shape index (κ1) is 27.7. The summed E-state index contributed by atoms with van der Waals surface area (Å²) in [5, 5.41) is 7.85. The average molecular weight is 541 g/mol. The molecule has 13 heteroatoms. The van der Waals surface area contributed by atoms with Gasteiger partial charge in [-0.3, -0.25) is 4.79 Å². The molecule has 1 unspecified atom stereocenters. The van der Waals surface area contributed by atoms with Crippen molar-refractivity contribution in [3.8, 4) is 5.88 Å². The number of rotatable bonds is 5. The molecule has 1 atom stereocenters. The van der Waals surface area contributed by atoms with Gasteiger partial charge in [0.05, 0.1) is 17.8 Å². The summed E-state index contributed by atoms with van der Waals surface area (Å²) >= 11 is 1.08. The highest BCUT2D eigenvalue weighted by Gasteiger charge is 2.47. The number of fused-ring (bicyclic) bond motifs is 1. The molecule has 37 heavy (non-hydrogen) atoms. The quantitative estimate of drug-likeness (QED) is 0.427. The molecule has 0 saturated carbocycles. The zero-order chi connectivity index (χ0) is 27.4. The summed E-state index contributed by atoms with van der Waals surface area (Å²) in [7, 11) is 0. The Morgan fingerprint density at radius 1 is 1.16 bits per heavy atom. The number of halogens is 5. The number of carbonyl (C=O) groups excluding carboxylic acids is 1. The van der Waals surface area contributed by atoms with Crippen molar-refractivity contribution in [1.29, 1.82) is 0 Å². The maximum absolute atomic E-state index is 14.6. The van der Waals surface area contributed by atoms with Gasteiger partial charge < -0.3 is 14.7 Å². The van der Waals surface area contributed by atoms with Crippen molar-refractivity contribution in [3.63, 3.8) is 0 Å². The molecule has 1 aliphatic rings. The van der Waals surface area contributed by atoms with Gasteiger partial charge >= 0.3 is 12.1 Å². The van der Waals surface area contributed by atoms with Gasteiger partial charge in [0.2, 0.25) is 5.88 Å². The minimum absolute atomic E-state index is 0.0534. The van der Waals surface area contributed by atoms with Crippen molar-refractivity contribution in [1.82, 2.24) is 14.3 Å². The SMILES string of the molecule is C=Cc1ccc(OC2CN(C(=O)c3snc4ccccc34)CCC2(F)F)nc1C=C.O=C(O)C(F)(F)F. The number of aliphatic carboxylic acids is 1. The Hall–Kier alpha value is -3.87. The highest BCUT2D eigenvalue weighted by Crippen LogP contribution is 2.33. The number of ether oxygens (including phenoxy) is 1. The van der Waals surface area contributed by atoms with Crippen molar-refractivity contribution < 1.29 is 41.4 Å². The minimum atomic E-state index is -5.08. The van der Waals surface area contributed by atoms with Gasteiger partial charge in [0.1, 0.15) is 4.88 Å². The Labute approximate surface area is 211 Å². The summed E-state index contributed by atoms with van der Waals surface area (Å²) < 4.78 is 70.7. The summed E-state index contributed by atoms with van der Waals surface area (Å²) in [6.07, 6.45) is -3.97. The number of aromatic nitrogens is 2. The number of piperidine rings is 1. The van der Waals surface area contributed by atoms with E-state index in [1.165, 1.54) is 17.0 Å². The maximum atomic E-state index is 14.6. The van der Waals surface area contributed by atoms with Crippen LogP contribution in [0.4, 0.5) is 22.0 Å². The normalized spacial score (nSPS) is 16.9. The van der Waals surface area contributed by atoms with Gasteiger partial charge in [-0.2, -0.15) is 17.5 Å². The summed E-state index contributed by atoms with van der Waals surface area (Å²) in [5.74, 6) is -6.11. The van der Waals surface area contributed by atoms with Gasteiger partial charge in [-0.25, -0.2) is 18.6 Å². The molecule has 0 radical (unpaired) electrons. The number of carboxylic acids is 1. The third-order valence-corrected chi connectivity index (χ3v) is 6.15. The van der Waals surface area contributed by atoms with Crippen molar-refractivity contribution in [2.24, 2.45) is 0 Å². The van der Waals surface area contributed by atoms with Crippen molar-refractivity contribution in [2.75, 3.05) is 13.1 Å². The van der Waals surface area contributed by atoms with Crippen LogP contribution < -0.4 is 4.74 Å². The van der Waals surface area contributed by atoms with Gasteiger partial charge in [0.15, 0.2) is 6.10 Å². The van der Waals surface area contributed by atoms with Crippen molar-refractivity contribution in [3.05, 3.63) is 65.7 Å². The van der Waals surface area contributed by atoms with Crippen LogP contribution in [0.15, 0.2) is 49.6 Å². The molecular weight excluding hydrogens is 521 g/mol. The van der Waals surface area contributed by atoms with E-state index in [2.05, 4.69) is 22.5 Å². The fraction of sp³-hybridized carbons (Fsp3) is 0.250. The number of amides is 1. The third-order valence-electron chi connectivity index (χ3n) is 5.29. The second kappa shape index (κ2) is 11.0. The predicted octanol–water partition coefficient (Wildman–Crippen LogP) is 5.54. The van der Waals surface area contributed by atoms with Crippen LogP contribution in [0.1, 0.15) is 27.3 Å². The fourth-order valence-corrected chi connectivity index (χ4v) is 4.21. The molecule has 1 amide bonds. The van der Waals surface area contributed by atoms with Crippen LogP contribution in [-0.2, 0) is 4.79 Å². The lowest BCUT2D eigenvalue weighted by Gasteiger charge is -2.37. The average Bonchev–Trinajstić information content (AvgIpc) is 3.28. The number of nitrogens with zero attached hydrogens (tertiary/aromatic N) is 3. The van der Waals surface area contributed by atoms with Gasteiger partial charge in [-0.15, -0.1) is 0 Å². The molecule has 1 saturated heterocycles. The Kier molecular flexibility index (Phi) is 8.26. The molecule has 7 nitrogen and oxygen atoms in total. The highest BCUT2D eigenvalue weighted by molar-refractivity contribution is 7.09. The second-order valence-corrected chi connectivity index (χ2v) is 8.51. The van der Waals surface area contributed by atoms with E-state index in [-0.39, 0.29) is 24.9 Å². The first-order valence-corrected chi connectivity index (χ1v) is 11.4. The summed E-state index contributed by atoms with van der Waals surface area (Å²) in [6.45, 7) is 7.06. The molecule has 3 heterocycles. The van der Waals surface area contributed by atoms with Crippen LogP contribution in [-0.4, -0.2) is 62.5 Å². The van der Waals surface area contributed by atoms with Crippen molar-refractivity contribution >= 4 is 46.5 Å². The standard InChI is InChI=1S/C22H19F2N3O2S.C2HF3O2/c1-3-14-9-10-19(25-16(14)4-2)29-18-13-27(12-11-22(18,23)24)21(28)20-15-7-5-6-8-17(15)26-30-20;3-2(4,5)1(6)7/h3-10,18H,1-2,11-13H2;(H,6,7). The second-order valence-electron chi connectivity index (χ2n) is 7.73. The Balaban J connectivity index is 0.000000479. The smallest absolute Gasteiger partial charge is 0.475 e. The minimum Gasteiger partial charge on any atom is -0.475 e. The van der Waals surface area contributed by atoms with Crippen molar-refractivity contribution in [2.45, 2.75) is 24.6 Å². The van der Waals surface area contributed by atoms with E-state index >= 15 is 0 Å². The Morgan fingerprint density at radius 3 is 2.46 bits per heavy atom. The summed E-state index contributed by atoms with van der Waals surface area (Å²) in [4.78, 5) is 28.0. The number of carbonyl (C=O) groups is 2. The molecule has 1 aliphatic heterocycles. The van der Waals surface area contributed by atoms with E-state index in [1.807, 2.05) is 18.2 Å². The zero-order valence-electron chi connectivity index (χ0n) is 19.0. The summed E-state index contributed by atoms with van der Waals surface area (Å²) in [6, 6.07) is 10.5. The van der Waals surface area contributed by atoms with Gasteiger partial charge in [0, 0.05) is 24.4 Å². The molecule has 0 bridgehead atoms. The van der Waals surface area contributed by atoms with Crippen LogP contribution >= 0.6 is 11.5 Å². The largest absolute Gasteiger partial charge is 0.490 e. The van der Waals surface area contributed by atoms with E-state index in [0.29, 0.717) is 16.1 Å². The van der Waals surface area contributed by atoms with Gasteiger partial charge in [-0.1, -0.05) is 37.4 Å². The number of hydrogen-bond donors (Lipinski definition) is 1. The molecule has 196 valence electrons. The molecule has 3 aromatic rings. The fourth-order valence-electron chi connectivity index (χ4n) is 3.38. The van der Waals surface area contributed by atoms with Crippen LogP contribution in [0.2, 0.25) is 0 Å². The van der Waals surface area contributed by atoms with Gasteiger partial charge in [0.25, 0.3) is 11.8 Å². The lowest BCUT2D eigenvalue weighted by molar-refractivity contribution is -0.192. The maximum Gasteiger partial charge on any atom is 0.490 e. The number of hydrogen-bond acceptors (Lipinski definition) is 6. The highest BCUT2D eigenvalue weighted by atomic mass is 32.1. The van der Waals surface area contributed by atoms with Crippen LogP contribution in [0.5, 0.6) is 5.88 Å². The molecular formula is C24H20F5N3O4S. The molecule has 4 rings (SSSR count). The van der Waals surface area contributed by atoms with Crippen LogP contribution in [0, 0.1) is 0 Å². The van der Waals surface area contributed by atoms with Gasteiger partial charge in [-0.05, 0) is 35.3 Å². The van der Waals surface area contributed by atoms with E-state index in [9.17, 15) is 26.7 Å². The monoisotopic (exact) mass is 541 g/mol. The molecule has 2 aromatic heterocycles. The topological polar surface area (TPSA) is 92.6 Å². The molecule has 1 fully saturated rings. The lowest BCUT2D eigenvalue weighted by atomic mass is 10.0. The number of benzene rings is 1. The first-order chi connectivity index (χ1) is 17.4. The van der Waals surface area contributed by atoms with E-state index in [4.69, 9.17) is 14.6 Å². The van der Waals surface area contributed by atoms with Crippen LogP contribution in [0.3, 0.4) is 0 Å². The van der Waals surface area contributed by atoms with E-state index < -0.39 is 30.6 Å². The number of likely N-dealkylation sites (tertiary alicyclic amines) is 1. The lowest BCUT2D eigenvalue weighted by Crippen LogP contribution is -2.55. The first-order valence-electron chi connectivity index (χ1n) is 10.6. The number of pyridine rings is 1. The van der Waals surface area contributed by atoms with Crippen LogP contribution in [0.25, 0.3) is 23.1 Å². The predicted molar refractivity (Wildman–Crippen MR) is 128 cm³/mol. The Morgan fingerprint density at radius 2 is 1.84 bits per heavy atom. The molecule has 1 aromatic carbocycles. The Bertz CT molecular complexity index is 1330. The number of alkyl halides is 5. The number of carboxylic acid groups (broad SMARTS) is 1. The summed E-state index contributed by atoms with van der Waals surface area (Å²) in [5.41, 5.74) is 1.93. The molecule has 0 aliphatic carbocycles. The molecule has 1 N–H and O–H groups in total. The third kappa shape index (κ3) is 6.47. The van der Waals surface area contributed by atoms with E-state index in [0.717, 1.165) is 22.5 Å². The van der Waals surface area contributed by atoms with E-state index in [1.54, 1.807) is 18.2 Å².